The molecule has 1 aromatic carbocycles. The molecule has 0 aliphatic carbocycles. The van der Waals surface area contributed by atoms with Crippen molar-refractivity contribution in [2.45, 2.75) is 38.8 Å². The largest absolute Gasteiger partial charge is 0.494 e. The van der Waals surface area contributed by atoms with Crippen molar-refractivity contribution in [3.8, 4) is 5.75 Å². The Morgan fingerprint density at radius 3 is 2.39 bits per heavy atom. The minimum atomic E-state index is -0.984. The summed E-state index contributed by atoms with van der Waals surface area (Å²) in [7, 11) is 2.57. The molecule has 0 bridgehead atoms. The quantitative estimate of drug-likeness (QED) is 0.841. The molecule has 0 aliphatic heterocycles. The van der Waals surface area contributed by atoms with Gasteiger partial charge in [-0.3, -0.25) is 0 Å². The Morgan fingerprint density at radius 1 is 1.26 bits per heavy atom. The number of hydrogen-bond acceptors (Lipinski definition) is 5. The summed E-state index contributed by atoms with van der Waals surface area (Å²) >= 11 is 0. The summed E-state index contributed by atoms with van der Waals surface area (Å²) in [5, 5.41) is 2.43. The van der Waals surface area contributed by atoms with E-state index in [-0.39, 0.29) is 12.2 Å². The number of halogens is 1. The van der Waals surface area contributed by atoms with Crippen LogP contribution in [0.5, 0.6) is 5.75 Å². The van der Waals surface area contributed by atoms with Crippen molar-refractivity contribution in [1.29, 1.82) is 0 Å². The van der Waals surface area contributed by atoms with E-state index in [0.717, 1.165) is 0 Å². The predicted molar refractivity (Wildman–Crippen MR) is 81.8 cm³/mol. The van der Waals surface area contributed by atoms with E-state index in [2.05, 4.69) is 10.1 Å². The van der Waals surface area contributed by atoms with Crippen LogP contribution < -0.4 is 10.1 Å². The zero-order valence-electron chi connectivity index (χ0n) is 13.9. The second-order valence-corrected chi connectivity index (χ2v) is 5.89. The van der Waals surface area contributed by atoms with Crippen LogP contribution in [0, 0.1) is 5.82 Å². The maximum absolute atomic E-state index is 13.7. The van der Waals surface area contributed by atoms with Gasteiger partial charge in [0.1, 0.15) is 11.6 Å². The van der Waals surface area contributed by atoms with Crippen LogP contribution in [0.1, 0.15) is 26.3 Å². The fourth-order valence-corrected chi connectivity index (χ4v) is 1.86. The number of hydrogen-bond donors (Lipinski definition) is 1. The third kappa shape index (κ3) is 6.14. The molecule has 0 heterocycles. The molecule has 23 heavy (non-hydrogen) atoms. The Bertz CT molecular complexity index is 568. The van der Waals surface area contributed by atoms with Crippen molar-refractivity contribution >= 4 is 12.1 Å². The van der Waals surface area contributed by atoms with E-state index in [0.29, 0.717) is 5.56 Å². The highest BCUT2D eigenvalue weighted by atomic mass is 19.1. The number of methoxy groups -OCH3 is 2. The lowest BCUT2D eigenvalue weighted by Gasteiger charge is -2.22. The van der Waals surface area contributed by atoms with Crippen molar-refractivity contribution < 1.29 is 28.2 Å². The van der Waals surface area contributed by atoms with Crippen molar-refractivity contribution in [3.63, 3.8) is 0 Å². The van der Waals surface area contributed by atoms with Gasteiger partial charge in [0, 0.05) is 6.42 Å². The minimum absolute atomic E-state index is 0.0623. The van der Waals surface area contributed by atoms with E-state index in [1.165, 1.54) is 26.4 Å². The lowest BCUT2D eigenvalue weighted by molar-refractivity contribution is -0.143. The molecule has 0 radical (unpaired) electrons. The van der Waals surface area contributed by atoms with E-state index in [1.807, 2.05) is 0 Å². The van der Waals surface area contributed by atoms with Gasteiger partial charge < -0.3 is 19.5 Å². The molecule has 0 fully saturated rings. The van der Waals surface area contributed by atoms with Gasteiger partial charge in [0.15, 0.2) is 11.6 Å². The van der Waals surface area contributed by atoms with Crippen LogP contribution in [-0.2, 0) is 20.7 Å². The second-order valence-electron chi connectivity index (χ2n) is 5.89. The number of rotatable bonds is 5. The van der Waals surface area contributed by atoms with E-state index < -0.39 is 29.5 Å². The average Bonchev–Trinajstić information content (AvgIpc) is 2.44. The van der Waals surface area contributed by atoms with E-state index in [9.17, 15) is 14.0 Å². The summed E-state index contributed by atoms with van der Waals surface area (Å²) in [5.41, 5.74) is -0.188. The summed E-state index contributed by atoms with van der Waals surface area (Å²) in [6.45, 7) is 5.12. The van der Waals surface area contributed by atoms with Gasteiger partial charge >= 0.3 is 12.1 Å². The van der Waals surface area contributed by atoms with Gasteiger partial charge in [0.25, 0.3) is 0 Å². The highest BCUT2D eigenvalue weighted by Gasteiger charge is 2.25. The molecule has 0 saturated carbocycles. The molecule has 1 amide bonds. The molecule has 1 aromatic rings. The SMILES string of the molecule is COC(=O)C(Cc1ccc(OC)c(F)c1)NC(=O)OC(C)(C)C. The molecular formula is C16H22FNO5. The number of amides is 1. The van der Waals surface area contributed by atoms with Crippen molar-refractivity contribution in [2.75, 3.05) is 14.2 Å². The van der Waals surface area contributed by atoms with Gasteiger partial charge in [-0.25, -0.2) is 14.0 Å². The molecule has 1 atom stereocenters. The first-order chi connectivity index (χ1) is 10.7. The van der Waals surface area contributed by atoms with Crippen LogP contribution in [0.25, 0.3) is 0 Å². The topological polar surface area (TPSA) is 73.9 Å². The van der Waals surface area contributed by atoms with Gasteiger partial charge in [-0.15, -0.1) is 0 Å². The normalized spacial score (nSPS) is 12.3. The number of nitrogens with one attached hydrogen (secondary N) is 1. The van der Waals surface area contributed by atoms with E-state index in [4.69, 9.17) is 9.47 Å². The van der Waals surface area contributed by atoms with Crippen LogP contribution in [0.4, 0.5) is 9.18 Å². The number of carbonyl (C=O) groups excluding carboxylic acids is 2. The van der Waals surface area contributed by atoms with Crippen molar-refractivity contribution in [1.82, 2.24) is 5.32 Å². The number of benzene rings is 1. The molecule has 0 aliphatic rings. The minimum Gasteiger partial charge on any atom is -0.494 e. The molecule has 0 spiro atoms. The second kappa shape index (κ2) is 7.80. The van der Waals surface area contributed by atoms with Gasteiger partial charge in [-0.2, -0.15) is 0 Å². The summed E-state index contributed by atoms with van der Waals surface area (Å²) in [6, 6.07) is 3.31. The van der Waals surface area contributed by atoms with E-state index in [1.54, 1.807) is 26.8 Å². The molecule has 6 nitrogen and oxygen atoms in total. The van der Waals surface area contributed by atoms with Crippen LogP contribution in [0.3, 0.4) is 0 Å². The fraction of sp³-hybridized carbons (Fsp3) is 0.500. The Morgan fingerprint density at radius 2 is 1.91 bits per heavy atom. The maximum atomic E-state index is 13.7. The average molecular weight is 327 g/mol. The zero-order chi connectivity index (χ0) is 17.6. The maximum Gasteiger partial charge on any atom is 0.408 e. The predicted octanol–water partition coefficient (Wildman–Crippen LogP) is 2.44. The van der Waals surface area contributed by atoms with Gasteiger partial charge in [0.05, 0.1) is 14.2 Å². The number of alkyl carbamates (subject to hydrolysis) is 1. The zero-order valence-corrected chi connectivity index (χ0v) is 13.9. The highest BCUT2D eigenvalue weighted by molar-refractivity contribution is 5.81. The monoisotopic (exact) mass is 327 g/mol. The summed E-state index contributed by atoms with van der Waals surface area (Å²) in [6.07, 6.45) is -0.686. The number of esters is 1. The lowest BCUT2D eigenvalue weighted by atomic mass is 10.1. The molecular weight excluding hydrogens is 305 g/mol. The summed E-state index contributed by atoms with van der Waals surface area (Å²) < 4.78 is 28.3. The van der Waals surface area contributed by atoms with Crippen LogP contribution in [0.15, 0.2) is 18.2 Å². The van der Waals surface area contributed by atoms with Crippen LogP contribution in [-0.4, -0.2) is 37.9 Å². The van der Waals surface area contributed by atoms with Crippen LogP contribution in [0.2, 0.25) is 0 Å². The molecule has 128 valence electrons. The molecule has 1 rings (SSSR count). The molecule has 1 unspecified atom stereocenters. The number of ether oxygens (including phenoxy) is 3. The third-order valence-electron chi connectivity index (χ3n) is 2.83. The first-order valence-corrected chi connectivity index (χ1v) is 7.06. The van der Waals surface area contributed by atoms with Crippen molar-refractivity contribution in [3.05, 3.63) is 29.6 Å². The van der Waals surface area contributed by atoms with Gasteiger partial charge in [-0.1, -0.05) is 6.07 Å². The molecule has 7 heteroatoms. The van der Waals surface area contributed by atoms with Gasteiger partial charge in [-0.05, 0) is 38.5 Å². The Labute approximate surface area is 134 Å². The molecule has 1 N–H and O–H groups in total. The summed E-state index contributed by atoms with van der Waals surface area (Å²) in [4.78, 5) is 23.6. The van der Waals surface area contributed by atoms with Crippen molar-refractivity contribution in [2.24, 2.45) is 0 Å². The standard InChI is InChI=1S/C16H22FNO5/c1-16(2,3)23-15(20)18-12(14(19)22-5)9-10-6-7-13(21-4)11(17)8-10/h6-8,12H,9H2,1-5H3,(H,18,20). The first-order valence-electron chi connectivity index (χ1n) is 7.06. The fourth-order valence-electron chi connectivity index (χ4n) is 1.86. The Balaban J connectivity index is 2.85. The van der Waals surface area contributed by atoms with Crippen LogP contribution >= 0.6 is 0 Å². The van der Waals surface area contributed by atoms with Gasteiger partial charge in [0.2, 0.25) is 0 Å². The van der Waals surface area contributed by atoms with E-state index >= 15 is 0 Å². The third-order valence-corrected chi connectivity index (χ3v) is 2.83. The molecule has 0 aromatic heterocycles. The smallest absolute Gasteiger partial charge is 0.408 e. The molecule has 0 saturated heterocycles. The highest BCUT2D eigenvalue weighted by Crippen LogP contribution is 2.19. The first kappa shape index (κ1) is 18.7. The lowest BCUT2D eigenvalue weighted by Crippen LogP contribution is -2.45. The Hall–Kier alpha value is -2.31. The summed E-state index contributed by atoms with van der Waals surface area (Å²) in [5.74, 6) is -1.10. The Kier molecular flexibility index (Phi) is 6.36. The number of carbonyl (C=O) groups is 2.